The van der Waals surface area contributed by atoms with Crippen molar-refractivity contribution in [1.82, 2.24) is 10.3 Å². The molecule has 142 valence electrons. The number of oxime groups is 1. The maximum Gasteiger partial charge on any atom is 0.290 e. The van der Waals surface area contributed by atoms with Crippen molar-refractivity contribution < 1.29 is 19.1 Å². The lowest BCUT2D eigenvalue weighted by molar-refractivity contribution is -0.149. The van der Waals surface area contributed by atoms with Gasteiger partial charge in [0.15, 0.2) is 0 Å². The lowest BCUT2D eigenvalue weighted by Gasteiger charge is -2.24. The number of amides is 1. The smallest absolute Gasteiger partial charge is 0.290 e. The number of nitrogens with one attached hydrogen (secondary N) is 1. The number of benzene rings is 1. The zero-order valence-electron chi connectivity index (χ0n) is 16.1. The number of hydrogen-bond donors (Lipinski definition) is 1. The van der Waals surface area contributed by atoms with Gasteiger partial charge in [-0.15, -0.1) is 6.42 Å². The van der Waals surface area contributed by atoms with Gasteiger partial charge in [0.2, 0.25) is 0 Å². The predicted molar refractivity (Wildman–Crippen MR) is 104 cm³/mol. The van der Waals surface area contributed by atoms with Crippen LogP contribution in [0.1, 0.15) is 25.0 Å². The minimum Gasteiger partial charge on any atom is -0.455 e. The molecule has 2 rings (SSSR count). The Bertz CT molecular complexity index is 900. The maximum atomic E-state index is 12.5. The number of hydrogen-bond acceptors (Lipinski definition) is 6. The molecule has 1 heterocycles. The van der Waals surface area contributed by atoms with E-state index in [1.165, 1.54) is 20.4 Å². The number of terminal acetylenes is 1. The Morgan fingerprint density at radius 3 is 2.74 bits per heavy atom. The van der Waals surface area contributed by atoms with E-state index in [0.29, 0.717) is 11.3 Å². The Morgan fingerprint density at radius 1 is 1.37 bits per heavy atom. The molecule has 1 unspecified atom stereocenters. The molecule has 0 spiro atoms. The van der Waals surface area contributed by atoms with Crippen LogP contribution in [0.25, 0.3) is 10.9 Å². The van der Waals surface area contributed by atoms with E-state index >= 15 is 0 Å². The van der Waals surface area contributed by atoms with Gasteiger partial charge in [-0.3, -0.25) is 9.78 Å². The van der Waals surface area contributed by atoms with Gasteiger partial charge in [-0.05, 0) is 44.5 Å². The van der Waals surface area contributed by atoms with Crippen molar-refractivity contribution in [2.75, 3.05) is 14.2 Å². The van der Waals surface area contributed by atoms with Crippen molar-refractivity contribution in [1.29, 1.82) is 0 Å². The highest BCUT2D eigenvalue weighted by molar-refractivity contribution is 5.86. The van der Waals surface area contributed by atoms with Crippen molar-refractivity contribution in [3.8, 4) is 18.1 Å². The Morgan fingerprint density at radius 2 is 2.11 bits per heavy atom. The number of ether oxygens (including phenoxy) is 2. The highest BCUT2D eigenvalue weighted by atomic mass is 16.7. The third kappa shape index (κ3) is 5.19. The minimum atomic E-state index is -1.14. The first-order valence-electron chi connectivity index (χ1n) is 8.26. The fourth-order valence-electron chi connectivity index (χ4n) is 2.47. The van der Waals surface area contributed by atoms with E-state index in [1.54, 1.807) is 32.2 Å². The van der Waals surface area contributed by atoms with Crippen LogP contribution in [0, 0.1) is 19.3 Å². The van der Waals surface area contributed by atoms with Gasteiger partial charge < -0.3 is 19.6 Å². The first-order valence-corrected chi connectivity index (χ1v) is 8.26. The second-order valence-electron chi connectivity index (χ2n) is 6.49. The van der Waals surface area contributed by atoms with E-state index in [1.807, 2.05) is 13.0 Å². The average molecular weight is 369 g/mol. The van der Waals surface area contributed by atoms with Gasteiger partial charge in [-0.25, -0.2) is 0 Å². The summed E-state index contributed by atoms with van der Waals surface area (Å²) >= 11 is 0. The van der Waals surface area contributed by atoms with E-state index in [0.717, 1.165) is 16.5 Å². The van der Waals surface area contributed by atoms with Gasteiger partial charge in [-0.1, -0.05) is 11.1 Å². The number of aryl methyl sites for hydroxylation is 1. The predicted octanol–water partition coefficient (Wildman–Crippen LogP) is 2.40. The van der Waals surface area contributed by atoms with Crippen molar-refractivity contribution in [2.45, 2.75) is 32.6 Å². The van der Waals surface area contributed by atoms with Crippen molar-refractivity contribution >= 4 is 23.0 Å². The van der Waals surface area contributed by atoms with Crippen LogP contribution in [-0.4, -0.2) is 43.2 Å². The molecule has 7 heteroatoms. The molecule has 1 atom stereocenters. The molecule has 1 N–H and O–H groups in total. The topological polar surface area (TPSA) is 82.0 Å². The summed E-state index contributed by atoms with van der Waals surface area (Å²) < 4.78 is 11.0. The summed E-state index contributed by atoms with van der Waals surface area (Å²) in [4.78, 5) is 21.5. The lowest BCUT2D eigenvalue weighted by Crippen LogP contribution is -2.51. The standard InChI is InChI=1S/C20H23N3O4/c1-7-14-9-15-10-16(8-13(2)17(15)21-11-14)27-19(25-5)18(24)23-20(3,4)12-22-26-6/h1,8-12,19H,2-6H3,(H,23,24)/b22-12+. The second kappa shape index (κ2) is 8.52. The summed E-state index contributed by atoms with van der Waals surface area (Å²) in [7, 11) is 2.82. The number of methoxy groups -OCH3 is 1. The molecule has 0 radical (unpaired) electrons. The largest absolute Gasteiger partial charge is 0.455 e. The monoisotopic (exact) mass is 369 g/mol. The van der Waals surface area contributed by atoms with Crippen LogP contribution in [0.15, 0.2) is 29.6 Å². The molecule has 0 aliphatic heterocycles. The maximum absolute atomic E-state index is 12.5. The third-order valence-corrected chi connectivity index (χ3v) is 3.71. The van der Waals surface area contributed by atoms with Crippen LogP contribution < -0.4 is 10.1 Å². The molecule has 0 fully saturated rings. The first kappa shape index (κ1) is 20.2. The average Bonchev–Trinajstić information content (AvgIpc) is 2.63. The van der Waals surface area contributed by atoms with E-state index in [2.05, 4.69) is 26.2 Å². The van der Waals surface area contributed by atoms with Gasteiger partial charge in [0.1, 0.15) is 12.9 Å². The van der Waals surface area contributed by atoms with Crippen LogP contribution in [0.4, 0.5) is 0 Å². The van der Waals surface area contributed by atoms with Crippen LogP contribution in [0.5, 0.6) is 5.75 Å². The lowest BCUT2D eigenvalue weighted by atomic mass is 10.1. The summed E-state index contributed by atoms with van der Waals surface area (Å²) in [5.74, 6) is 2.58. The van der Waals surface area contributed by atoms with Gasteiger partial charge in [0, 0.05) is 24.3 Å². The number of carbonyl (C=O) groups is 1. The van der Waals surface area contributed by atoms with Crippen molar-refractivity contribution in [3.63, 3.8) is 0 Å². The Kier molecular flexibility index (Phi) is 6.37. The highest BCUT2D eigenvalue weighted by Gasteiger charge is 2.26. The van der Waals surface area contributed by atoms with Crippen LogP contribution >= 0.6 is 0 Å². The summed E-state index contributed by atoms with van der Waals surface area (Å²) in [5, 5.41) is 7.28. The van der Waals surface area contributed by atoms with Crippen LogP contribution in [0.3, 0.4) is 0 Å². The van der Waals surface area contributed by atoms with Gasteiger partial charge in [0.05, 0.1) is 17.3 Å². The molecule has 7 nitrogen and oxygen atoms in total. The zero-order chi connectivity index (χ0) is 20.0. The molecular formula is C20H23N3O4. The first-order chi connectivity index (χ1) is 12.8. The van der Waals surface area contributed by atoms with Crippen LogP contribution in [0.2, 0.25) is 0 Å². The summed E-state index contributed by atoms with van der Waals surface area (Å²) in [6, 6.07) is 5.41. The van der Waals surface area contributed by atoms with Crippen molar-refractivity contribution in [3.05, 3.63) is 35.5 Å². The molecule has 27 heavy (non-hydrogen) atoms. The fraction of sp³-hybridized carbons (Fsp3) is 0.350. The molecule has 2 aromatic rings. The molecule has 0 aliphatic carbocycles. The second-order valence-corrected chi connectivity index (χ2v) is 6.49. The summed E-state index contributed by atoms with van der Waals surface area (Å²) in [5.41, 5.74) is 1.64. The summed E-state index contributed by atoms with van der Waals surface area (Å²) in [6.07, 6.45) is 7.42. The molecule has 0 aliphatic rings. The highest BCUT2D eigenvalue weighted by Crippen LogP contribution is 2.25. The van der Waals surface area contributed by atoms with E-state index < -0.39 is 17.7 Å². The molecule has 0 saturated heterocycles. The molecule has 1 aromatic carbocycles. The molecule has 0 saturated carbocycles. The molecule has 1 amide bonds. The third-order valence-electron chi connectivity index (χ3n) is 3.71. The van der Waals surface area contributed by atoms with Gasteiger partial charge >= 0.3 is 0 Å². The number of pyridine rings is 1. The Hall–Kier alpha value is -3.11. The number of fused-ring (bicyclic) bond motifs is 1. The molecular weight excluding hydrogens is 346 g/mol. The molecule has 0 bridgehead atoms. The quantitative estimate of drug-likeness (QED) is 0.351. The SMILES string of the molecule is C#Cc1cnc2c(C)cc(OC(OC)C(=O)NC(C)(C)/C=N/OC)cc2c1. The number of nitrogens with zero attached hydrogens (tertiary/aromatic N) is 2. The Balaban J connectivity index is 2.24. The van der Waals surface area contributed by atoms with Crippen LogP contribution in [-0.2, 0) is 14.4 Å². The number of aromatic nitrogens is 1. The minimum absolute atomic E-state index is 0.446. The fourth-order valence-corrected chi connectivity index (χ4v) is 2.47. The van der Waals surface area contributed by atoms with Crippen molar-refractivity contribution in [2.24, 2.45) is 5.16 Å². The van der Waals surface area contributed by atoms with E-state index in [-0.39, 0.29) is 0 Å². The number of carbonyl (C=O) groups excluding carboxylic acids is 1. The number of rotatable bonds is 7. The summed E-state index contributed by atoms with van der Waals surface area (Å²) in [6.45, 7) is 5.45. The van der Waals surface area contributed by atoms with Gasteiger partial charge in [-0.2, -0.15) is 0 Å². The zero-order valence-corrected chi connectivity index (χ0v) is 16.1. The van der Waals surface area contributed by atoms with Gasteiger partial charge in [0.25, 0.3) is 12.2 Å². The van der Waals surface area contributed by atoms with E-state index in [9.17, 15) is 4.79 Å². The molecule has 1 aromatic heterocycles. The van der Waals surface area contributed by atoms with E-state index in [4.69, 9.17) is 15.9 Å². The normalized spacial score (nSPS) is 12.6. The Labute approximate surface area is 158 Å².